The molecule has 3 aliphatic rings. The molecule has 0 spiro atoms. The summed E-state index contributed by atoms with van der Waals surface area (Å²) >= 11 is 0. The van der Waals surface area contributed by atoms with Crippen LogP contribution in [0.25, 0.3) is 0 Å². The van der Waals surface area contributed by atoms with Gasteiger partial charge in [-0.2, -0.15) is 0 Å². The molecule has 110 valence electrons. The molecule has 0 amide bonds. The molecule has 1 saturated carbocycles. The Balaban J connectivity index is 1.57. The minimum atomic E-state index is -0.0210. The molecule has 0 aromatic carbocycles. The molecule has 3 rings (SSSR count). The van der Waals surface area contributed by atoms with Gasteiger partial charge in [0, 0.05) is 18.5 Å². The molecule has 3 heteroatoms. The Morgan fingerprint density at radius 2 is 1.74 bits per heavy atom. The number of piperidine rings is 1. The van der Waals surface area contributed by atoms with Crippen LogP contribution in [0.3, 0.4) is 0 Å². The van der Waals surface area contributed by atoms with Crippen molar-refractivity contribution >= 4 is 0 Å². The first-order valence-corrected chi connectivity index (χ1v) is 8.47. The van der Waals surface area contributed by atoms with E-state index in [2.05, 4.69) is 10.2 Å². The first kappa shape index (κ1) is 13.8. The second-order valence-electron chi connectivity index (χ2n) is 6.91. The predicted molar refractivity (Wildman–Crippen MR) is 78.2 cm³/mol. The van der Waals surface area contributed by atoms with Crippen molar-refractivity contribution in [2.45, 2.75) is 63.5 Å². The van der Waals surface area contributed by atoms with E-state index in [-0.39, 0.29) is 6.10 Å². The van der Waals surface area contributed by atoms with Crippen molar-refractivity contribution in [2.75, 3.05) is 26.2 Å². The van der Waals surface area contributed by atoms with Gasteiger partial charge in [0.05, 0.1) is 6.10 Å². The second-order valence-corrected chi connectivity index (χ2v) is 6.91. The van der Waals surface area contributed by atoms with E-state index in [1.807, 2.05) is 0 Å². The van der Waals surface area contributed by atoms with Crippen LogP contribution in [0.15, 0.2) is 0 Å². The smallest absolute Gasteiger partial charge is 0.0583 e. The highest BCUT2D eigenvalue weighted by Crippen LogP contribution is 2.35. The standard InChI is InChI=1S/C16H30N2O/c19-16-6-2-1-4-14(16)15-5-3-11-18(15)12-13-7-9-17-10-8-13/h13-17,19H,1-12H2. The molecule has 0 aromatic heterocycles. The van der Waals surface area contributed by atoms with Gasteiger partial charge >= 0.3 is 0 Å². The Kier molecular flexibility index (Phi) is 4.78. The van der Waals surface area contributed by atoms with Crippen LogP contribution in [0.5, 0.6) is 0 Å². The first-order valence-electron chi connectivity index (χ1n) is 8.47. The van der Waals surface area contributed by atoms with Gasteiger partial charge in [0.15, 0.2) is 0 Å². The normalized spacial score (nSPS) is 38.7. The van der Waals surface area contributed by atoms with Crippen LogP contribution in [-0.4, -0.2) is 48.3 Å². The number of aliphatic hydroxyl groups excluding tert-OH is 1. The van der Waals surface area contributed by atoms with Crippen LogP contribution in [0.4, 0.5) is 0 Å². The van der Waals surface area contributed by atoms with Gasteiger partial charge in [0.2, 0.25) is 0 Å². The van der Waals surface area contributed by atoms with E-state index >= 15 is 0 Å². The van der Waals surface area contributed by atoms with Gasteiger partial charge in [-0.15, -0.1) is 0 Å². The van der Waals surface area contributed by atoms with E-state index in [9.17, 15) is 5.11 Å². The highest BCUT2D eigenvalue weighted by molar-refractivity contribution is 4.91. The van der Waals surface area contributed by atoms with E-state index < -0.39 is 0 Å². The maximum Gasteiger partial charge on any atom is 0.0583 e. The summed E-state index contributed by atoms with van der Waals surface area (Å²) in [5.41, 5.74) is 0. The molecule has 3 fully saturated rings. The number of aliphatic hydroxyl groups is 1. The Morgan fingerprint density at radius 1 is 0.947 bits per heavy atom. The van der Waals surface area contributed by atoms with Crippen molar-refractivity contribution in [3.63, 3.8) is 0 Å². The molecule has 19 heavy (non-hydrogen) atoms. The predicted octanol–water partition coefficient (Wildman–Crippen LogP) is 2.00. The molecule has 3 unspecified atom stereocenters. The molecule has 2 N–H and O–H groups in total. The summed E-state index contributed by atoms with van der Waals surface area (Å²) in [7, 11) is 0. The van der Waals surface area contributed by atoms with E-state index in [1.165, 1.54) is 71.1 Å². The SMILES string of the molecule is OC1CCCCC1C1CCCN1CC1CCNCC1. The number of hydrogen-bond donors (Lipinski definition) is 2. The summed E-state index contributed by atoms with van der Waals surface area (Å²) in [5.74, 6) is 1.46. The third-order valence-electron chi connectivity index (χ3n) is 5.64. The van der Waals surface area contributed by atoms with Crippen molar-refractivity contribution < 1.29 is 5.11 Å². The zero-order valence-electron chi connectivity index (χ0n) is 12.2. The second kappa shape index (κ2) is 6.55. The Morgan fingerprint density at radius 3 is 2.53 bits per heavy atom. The fraction of sp³-hybridized carbons (Fsp3) is 1.00. The topological polar surface area (TPSA) is 35.5 Å². The van der Waals surface area contributed by atoms with Crippen LogP contribution in [0.2, 0.25) is 0 Å². The van der Waals surface area contributed by atoms with Gasteiger partial charge in [0.25, 0.3) is 0 Å². The van der Waals surface area contributed by atoms with E-state index in [4.69, 9.17) is 0 Å². The van der Waals surface area contributed by atoms with Crippen molar-refractivity contribution in [2.24, 2.45) is 11.8 Å². The van der Waals surface area contributed by atoms with Crippen LogP contribution in [0.1, 0.15) is 51.4 Å². The highest BCUT2D eigenvalue weighted by atomic mass is 16.3. The maximum absolute atomic E-state index is 10.3. The Labute approximate surface area is 117 Å². The van der Waals surface area contributed by atoms with Crippen LogP contribution in [0, 0.1) is 11.8 Å². The molecule has 0 bridgehead atoms. The Hall–Kier alpha value is -0.120. The third-order valence-corrected chi connectivity index (χ3v) is 5.64. The van der Waals surface area contributed by atoms with Gasteiger partial charge in [-0.3, -0.25) is 4.90 Å². The highest BCUT2D eigenvalue weighted by Gasteiger charge is 2.37. The molecule has 1 aliphatic carbocycles. The van der Waals surface area contributed by atoms with Gasteiger partial charge in [0.1, 0.15) is 0 Å². The number of nitrogens with one attached hydrogen (secondary N) is 1. The summed E-state index contributed by atoms with van der Waals surface area (Å²) in [6.07, 6.45) is 10.2. The lowest BCUT2D eigenvalue weighted by Gasteiger charge is -2.39. The van der Waals surface area contributed by atoms with Crippen LogP contribution in [-0.2, 0) is 0 Å². The van der Waals surface area contributed by atoms with E-state index in [1.54, 1.807) is 0 Å². The minimum Gasteiger partial charge on any atom is -0.393 e. The number of rotatable bonds is 3. The van der Waals surface area contributed by atoms with Gasteiger partial charge < -0.3 is 10.4 Å². The number of hydrogen-bond acceptors (Lipinski definition) is 3. The molecule has 0 radical (unpaired) electrons. The monoisotopic (exact) mass is 266 g/mol. The van der Waals surface area contributed by atoms with Gasteiger partial charge in [-0.25, -0.2) is 0 Å². The number of nitrogens with zero attached hydrogens (tertiary/aromatic N) is 1. The molecule has 2 heterocycles. The summed E-state index contributed by atoms with van der Waals surface area (Å²) in [5, 5.41) is 13.8. The fourth-order valence-electron chi connectivity index (χ4n) is 4.55. The van der Waals surface area contributed by atoms with E-state index in [0.717, 1.165) is 12.3 Å². The average Bonchev–Trinajstić information content (AvgIpc) is 2.88. The Bertz CT molecular complexity index is 278. The number of likely N-dealkylation sites (tertiary alicyclic amines) is 1. The van der Waals surface area contributed by atoms with Crippen molar-refractivity contribution in [1.82, 2.24) is 10.2 Å². The molecular weight excluding hydrogens is 236 g/mol. The van der Waals surface area contributed by atoms with Crippen LogP contribution < -0.4 is 5.32 Å². The molecule has 2 saturated heterocycles. The fourth-order valence-corrected chi connectivity index (χ4v) is 4.55. The maximum atomic E-state index is 10.3. The van der Waals surface area contributed by atoms with Crippen LogP contribution >= 0.6 is 0 Å². The molecular formula is C16H30N2O. The summed E-state index contributed by atoms with van der Waals surface area (Å²) in [4.78, 5) is 2.73. The summed E-state index contributed by atoms with van der Waals surface area (Å²) < 4.78 is 0. The minimum absolute atomic E-state index is 0.0210. The lowest BCUT2D eigenvalue weighted by Crippen LogP contribution is -2.45. The van der Waals surface area contributed by atoms with Crippen molar-refractivity contribution in [1.29, 1.82) is 0 Å². The summed E-state index contributed by atoms with van der Waals surface area (Å²) in [6, 6.07) is 0.685. The molecule has 3 atom stereocenters. The van der Waals surface area contributed by atoms with Crippen molar-refractivity contribution in [3.05, 3.63) is 0 Å². The molecule has 3 nitrogen and oxygen atoms in total. The lowest BCUT2D eigenvalue weighted by atomic mass is 9.80. The lowest BCUT2D eigenvalue weighted by molar-refractivity contribution is 0.0172. The largest absolute Gasteiger partial charge is 0.393 e. The zero-order valence-corrected chi connectivity index (χ0v) is 12.2. The zero-order chi connectivity index (χ0) is 13.1. The first-order chi connectivity index (χ1) is 9.34. The van der Waals surface area contributed by atoms with E-state index in [0.29, 0.717) is 12.0 Å². The van der Waals surface area contributed by atoms with Crippen molar-refractivity contribution in [3.8, 4) is 0 Å². The quantitative estimate of drug-likeness (QED) is 0.820. The molecule has 0 aromatic rings. The molecule has 2 aliphatic heterocycles. The third kappa shape index (κ3) is 3.32. The average molecular weight is 266 g/mol. The van der Waals surface area contributed by atoms with Gasteiger partial charge in [-0.1, -0.05) is 12.8 Å². The summed E-state index contributed by atoms with van der Waals surface area (Å²) in [6.45, 7) is 4.97. The van der Waals surface area contributed by atoms with Gasteiger partial charge in [-0.05, 0) is 64.1 Å².